The van der Waals surface area contributed by atoms with Crippen LogP contribution in [-0.4, -0.2) is 24.4 Å². The summed E-state index contributed by atoms with van der Waals surface area (Å²) < 4.78 is 16.3. The molecule has 7 nitrogen and oxygen atoms in total. The highest BCUT2D eigenvalue weighted by atomic mass is 16.5. The quantitative estimate of drug-likeness (QED) is 0.808. The molecule has 0 aliphatic carbocycles. The maximum atomic E-state index is 12.1. The van der Waals surface area contributed by atoms with Crippen molar-refractivity contribution < 1.29 is 18.8 Å². The predicted octanol–water partition coefficient (Wildman–Crippen LogP) is 4.41. The van der Waals surface area contributed by atoms with Crippen LogP contribution in [-0.2, 0) is 5.41 Å². The van der Waals surface area contributed by atoms with Crippen molar-refractivity contribution in [2.45, 2.75) is 40.0 Å². The van der Waals surface area contributed by atoms with Gasteiger partial charge >= 0.3 is 6.03 Å². The van der Waals surface area contributed by atoms with Gasteiger partial charge in [-0.1, -0.05) is 25.9 Å². The average Bonchev–Trinajstić information content (AvgIpc) is 2.99. The largest absolute Gasteiger partial charge is 0.490 e. The van der Waals surface area contributed by atoms with Crippen LogP contribution in [0.5, 0.6) is 11.5 Å². The molecule has 136 valence electrons. The second kappa shape index (κ2) is 7.92. The van der Waals surface area contributed by atoms with E-state index in [4.69, 9.17) is 14.0 Å². The van der Waals surface area contributed by atoms with Gasteiger partial charge in [-0.3, -0.25) is 5.32 Å². The predicted molar refractivity (Wildman–Crippen MR) is 96.6 cm³/mol. The summed E-state index contributed by atoms with van der Waals surface area (Å²) in [4.78, 5) is 12.1. The zero-order chi connectivity index (χ0) is 18.4. The first-order valence-electron chi connectivity index (χ1n) is 8.28. The van der Waals surface area contributed by atoms with Gasteiger partial charge in [-0.25, -0.2) is 4.79 Å². The maximum absolute atomic E-state index is 12.1. The molecule has 0 aliphatic rings. The molecule has 0 atom stereocenters. The number of ether oxygens (including phenoxy) is 2. The standard InChI is InChI=1S/C18H25N3O4/c1-6-23-13-9-8-12(10-14(13)24-7-2)19-17(22)20-16-11-15(25-21-16)18(3,4)5/h8-11H,6-7H2,1-5H3,(H2,19,20,21,22). The molecule has 2 amide bonds. The summed E-state index contributed by atoms with van der Waals surface area (Å²) in [5, 5.41) is 9.24. The van der Waals surface area contributed by atoms with E-state index >= 15 is 0 Å². The second-order valence-electron chi connectivity index (χ2n) is 6.43. The monoisotopic (exact) mass is 347 g/mol. The zero-order valence-electron chi connectivity index (χ0n) is 15.3. The van der Waals surface area contributed by atoms with Crippen molar-refractivity contribution in [1.82, 2.24) is 5.16 Å². The first kappa shape index (κ1) is 18.6. The molecule has 0 aliphatic heterocycles. The van der Waals surface area contributed by atoms with E-state index in [1.165, 1.54) is 0 Å². The molecular formula is C18H25N3O4. The molecule has 0 bridgehead atoms. The van der Waals surface area contributed by atoms with Crippen molar-refractivity contribution in [3.8, 4) is 11.5 Å². The van der Waals surface area contributed by atoms with Gasteiger partial charge in [0.2, 0.25) is 0 Å². The van der Waals surface area contributed by atoms with Crippen LogP contribution in [0.15, 0.2) is 28.8 Å². The number of carbonyl (C=O) groups is 1. The van der Waals surface area contributed by atoms with Crippen molar-refractivity contribution in [3.05, 3.63) is 30.0 Å². The number of nitrogens with zero attached hydrogens (tertiary/aromatic N) is 1. The Labute approximate surface area is 147 Å². The molecule has 1 heterocycles. The minimum absolute atomic E-state index is 0.176. The fourth-order valence-electron chi connectivity index (χ4n) is 2.10. The Morgan fingerprint density at radius 2 is 1.76 bits per heavy atom. The molecule has 7 heteroatoms. The number of hydrogen-bond acceptors (Lipinski definition) is 5. The number of rotatable bonds is 6. The van der Waals surface area contributed by atoms with Gasteiger partial charge in [0, 0.05) is 23.2 Å². The Morgan fingerprint density at radius 1 is 1.08 bits per heavy atom. The third kappa shape index (κ3) is 5.14. The third-order valence-corrected chi connectivity index (χ3v) is 3.29. The SMILES string of the molecule is CCOc1ccc(NC(=O)Nc2cc(C(C)(C)C)on2)cc1OCC. The highest BCUT2D eigenvalue weighted by Gasteiger charge is 2.20. The van der Waals surface area contributed by atoms with E-state index in [2.05, 4.69) is 15.8 Å². The molecular weight excluding hydrogens is 322 g/mol. The van der Waals surface area contributed by atoms with Crippen LogP contribution in [0, 0.1) is 0 Å². The molecule has 2 N–H and O–H groups in total. The number of anilines is 2. The minimum Gasteiger partial charge on any atom is -0.490 e. The van der Waals surface area contributed by atoms with Gasteiger partial charge in [-0.2, -0.15) is 0 Å². The molecule has 0 saturated carbocycles. The molecule has 0 unspecified atom stereocenters. The Morgan fingerprint density at radius 3 is 2.36 bits per heavy atom. The number of carbonyl (C=O) groups excluding carboxylic acids is 1. The number of aromatic nitrogens is 1. The van der Waals surface area contributed by atoms with Crippen molar-refractivity contribution in [2.24, 2.45) is 0 Å². The summed E-state index contributed by atoms with van der Waals surface area (Å²) >= 11 is 0. The van der Waals surface area contributed by atoms with Gasteiger partial charge in [-0.05, 0) is 26.0 Å². The molecule has 1 aromatic carbocycles. The highest BCUT2D eigenvalue weighted by Crippen LogP contribution is 2.30. The highest BCUT2D eigenvalue weighted by molar-refractivity contribution is 5.99. The van der Waals surface area contributed by atoms with Gasteiger partial charge in [0.25, 0.3) is 0 Å². The van der Waals surface area contributed by atoms with E-state index in [1.807, 2.05) is 34.6 Å². The van der Waals surface area contributed by atoms with Gasteiger partial charge in [0.05, 0.1) is 13.2 Å². The number of nitrogens with one attached hydrogen (secondary N) is 2. The number of urea groups is 1. The van der Waals surface area contributed by atoms with Gasteiger partial charge in [-0.15, -0.1) is 0 Å². The smallest absolute Gasteiger partial charge is 0.324 e. The summed E-state index contributed by atoms with van der Waals surface area (Å²) in [5.41, 5.74) is 0.411. The van der Waals surface area contributed by atoms with Crippen LogP contribution in [0.25, 0.3) is 0 Å². The minimum atomic E-state index is -0.416. The van der Waals surface area contributed by atoms with Crippen molar-refractivity contribution in [2.75, 3.05) is 23.8 Å². The Kier molecular flexibility index (Phi) is 5.90. The summed E-state index contributed by atoms with van der Waals surface area (Å²) in [6, 6.07) is 6.52. The van der Waals surface area contributed by atoms with Crippen LogP contribution < -0.4 is 20.1 Å². The van der Waals surface area contributed by atoms with Gasteiger partial charge in [0.1, 0.15) is 5.76 Å². The van der Waals surface area contributed by atoms with E-state index in [1.54, 1.807) is 24.3 Å². The molecule has 1 aromatic heterocycles. The molecule has 0 radical (unpaired) electrons. The summed E-state index contributed by atoms with van der Waals surface area (Å²) in [5.74, 6) is 2.28. The normalized spacial score (nSPS) is 11.1. The fraction of sp³-hybridized carbons (Fsp3) is 0.444. The van der Waals surface area contributed by atoms with Crippen LogP contribution in [0.4, 0.5) is 16.3 Å². The molecule has 25 heavy (non-hydrogen) atoms. The van der Waals surface area contributed by atoms with E-state index in [0.717, 1.165) is 0 Å². The van der Waals surface area contributed by atoms with Crippen LogP contribution in [0.3, 0.4) is 0 Å². The lowest BCUT2D eigenvalue weighted by atomic mass is 9.93. The molecule has 2 rings (SSSR count). The lowest BCUT2D eigenvalue weighted by molar-refractivity contribution is 0.261. The van der Waals surface area contributed by atoms with Crippen LogP contribution in [0.2, 0.25) is 0 Å². The Hall–Kier alpha value is -2.70. The topological polar surface area (TPSA) is 85.6 Å². The van der Waals surface area contributed by atoms with Crippen molar-refractivity contribution in [1.29, 1.82) is 0 Å². The summed E-state index contributed by atoms with van der Waals surface area (Å²) in [6.45, 7) is 10.9. The van der Waals surface area contributed by atoms with E-state index in [0.29, 0.717) is 42.0 Å². The average molecular weight is 347 g/mol. The fourth-order valence-corrected chi connectivity index (χ4v) is 2.10. The maximum Gasteiger partial charge on any atom is 0.324 e. The van der Waals surface area contributed by atoms with E-state index < -0.39 is 6.03 Å². The lowest BCUT2D eigenvalue weighted by Gasteiger charge is -2.13. The number of hydrogen-bond donors (Lipinski definition) is 2. The van der Waals surface area contributed by atoms with E-state index in [-0.39, 0.29) is 5.41 Å². The zero-order valence-corrected chi connectivity index (χ0v) is 15.3. The van der Waals surface area contributed by atoms with Crippen LogP contribution >= 0.6 is 0 Å². The Bertz CT molecular complexity index is 719. The lowest BCUT2D eigenvalue weighted by Crippen LogP contribution is -2.19. The van der Waals surface area contributed by atoms with Crippen molar-refractivity contribution >= 4 is 17.5 Å². The third-order valence-electron chi connectivity index (χ3n) is 3.29. The first-order chi connectivity index (χ1) is 11.8. The molecule has 0 saturated heterocycles. The van der Waals surface area contributed by atoms with Crippen molar-refractivity contribution in [3.63, 3.8) is 0 Å². The molecule has 2 aromatic rings. The van der Waals surface area contributed by atoms with Gasteiger partial charge in [0.15, 0.2) is 17.3 Å². The first-order valence-corrected chi connectivity index (χ1v) is 8.28. The Balaban J connectivity index is 2.04. The second-order valence-corrected chi connectivity index (χ2v) is 6.43. The van der Waals surface area contributed by atoms with Gasteiger partial charge < -0.3 is 19.3 Å². The summed E-state index contributed by atoms with van der Waals surface area (Å²) in [6.07, 6.45) is 0. The van der Waals surface area contributed by atoms with Crippen LogP contribution in [0.1, 0.15) is 40.4 Å². The number of benzene rings is 1. The molecule has 0 fully saturated rings. The van der Waals surface area contributed by atoms with E-state index in [9.17, 15) is 4.79 Å². The molecule has 0 spiro atoms. The summed E-state index contributed by atoms with van der Waals surface area (Å²) in [7, 11) is 0. The number of amides is 2.